The monoisotopic (exact) mass is 397 g/mol. The molecule has 0 fully saturated rings. The zero-order valence-corrected chi connectivity index (χ0v) is 17.2. The van der Waals surface area contributed by atoms with Crippen molar-refractivity contribution in [1.29, 1.82) is 0 Å². The Hall–Kier alpha value is -3.73. The number of carbonyl (C=O) groups excluding carboxylic acids is 1. The summed E-state index contributed by atoms with van der Waals surface area (Å²) in [5.74, 6) is 0.866. The largest absolute Gasteiger partial charge is 0.416 e. The Morgan fingerprint density at radius 1 is 0.867 bits per heavy atom. The van der Waals surface area contributed by atoms with E-state index in [9.17, 15) is 4.79 Å². The molecular formula is C25H23N3O2. The van der Waals surface area contributed by atoms with E-state index in [1.807, 2.05) is 87.6 Å². The Bertz CT molecular complexity index is 1150. The molecule has 0 N–H and O–H groups in total. The highest BCUT2D eigenvalue weighted by Gasteiger charge is 2.19. The summed E-state index contributed by atoms with van der Waals surface area (Å²) in [6, 6.07) is 25.1. The number of nitrogens with zero attached hydrogens (tertiary/aromatic N) is 3. The van der Waals surface area contributed by atoms with Crippen LogP contribution in [0, 0.1) is 6.92 Å². The second-order valence-corrected chi connectivity index (χ2v) is 7.36. The normalized spacial score (nSPS) is 11.8. The molecule has 1 aromatic heterocycles. The minimum absolute atomic E-state index is 0.0220. The molecule has 150 valence electrons. The van der Waals surface area contributed by atoms with Crippen molar-refractivity contribution in [2.75, 3.05) is 7.05 Å². The van der Waals surface area contributed by atoms with Gasteiger partial charge in [0.2, 0.25) is 11.8 Å². The maximum Gasteiger partial charge on any atom is 0.254 e. The van der Waals surface area contributed by atoms with Crippen molar-refractivity contribution in [3.63, 3.8) is 0 Å². The van der Waals surface area contributed by atoms with Crippen molar-refractivity contribution in [2.24, 2.45) is 0 Å². The third kappa shape index (κ3) is 4.01. The predicted molar refractivity (Wildman–Crippen MR) is 117 cm³/mol. The highest BCUT2D eigenvalue weighted by atomic mass is 16.4. The predicted octanol–water partition coefficient (Wildman–Crippen LogP) is 5.55. The van der Waals surface area contributed by atoms with Gasteiger partial charge in [-0.3, -0.25) is 4.79 Å². The van der Waals surface area contributed by atoms with Crippen LogP contribution in [0.25, 0.3) is 22.9 Å². The van der Waals surface area contributed by atoms with Crippen LogP contribution >= 0.6 is 0 Å². The molecule has 1 amide bonds. The molecule has 5 nitrogen and oxygen atoms in total. The first-order valence-electron chi connectivity index (χ1n) is 9.86. The lowest BCUT2D eigenvalue weighted by molar-refractivity contribution is 0.0742. The van der Waals surface area contributed by atoms with Crippen LogP contribution in [0.2, 0.25) is 0 Å². The molecule has 4 aromatic rings. The average molecular weight is 397 g/mol. The molecule has 0 aliphatic heterocycles. The molecule has 0 spiro atoms. The maximum absolute atomic E-state index is 12.9. The van der Waals surface area contributed by atoms with Gasteiger partial charge in [0.15, 0.2) is 0 Å². The van der Waals surface area contributed by atoms with E-state index >= 15 is 0 Å². The van der Waals surface area contributed by atoms with Crippen molar-refractivity contribution < 1.29 is 9.21 Å². The highest BCUT2D eigenvalue weighted by molar-refractivity contribution is 5.94. The third-order valence-electron chi connectivity index (χ3n) is 5.25. The van der Waals surface area contributed by atoms with Gasteiger partial charge in [0, 0.05) is 23.7 Å². The number of benzene rings is 3. The molecule has 0 saturated heterocycles. The molecule has 0 aliphatic carbocycles. The first-order valence-corrected chi connectivity index (χ1v) is 9.86. The molecule has 0 aliphatic rings. The summed E-state index contributed by atoms with van der Waals surface area (Å²) in [5.41, 5.74) is 4.50. The van der Waals surface area contributed by atoms with Gasteiger partial charge in [-0.1, -0.05) is 48.0 Å². The highest BCUT2D eigenvalue weighted by Crippen LogP contribution is 2.26. The zero-order valence-electron chi connectivity index (χ0n) is 17.2. The van der Waals surface area contributed by atoms with Crippen molar-refractivity contribution >= 4 is 5.91 Å². The van der Waals surface area contributed by atoms with Gasteiger partial charge < -0.3 is 9.32 Å². The molecule has 0 bridgehead atoms. The third-order valence-corrected chi connectivity index (χ3v) is 5.25. The molecule has 0 saturated carbocycles. The summed E-state index contributed by atoms with van der Waals surface area (Å²) in [7, 11) is 1.82. The molecule has 1 unspecified atom stereocenters. The van der Waals surface area contributed by atoms with Crippen LogP contribution in [-0.2, 0) is 0 Å². The number of amides is 1. The Kier molecular flexibility index (Phi) is 5.44. The maximum atomic E-state index is 12.9. The van der Waals surface area contributed by atoms with Crippen LogP contribution in [-0.4, -0.2) is 28.1 Å². The number of rotatable bonds is 5. The van der Waals surface area contributed by atoms with Crippen LogP contribution in [0.1, 0.15) is 34.5 Å². The van der Waals surface area contributed by atoms with E-state index in [2.05, 4.69) is 10.2 Å². The van der Waals surface area contributed by atoms with Gasteiger partial charge in [-0.05, 0) is 55.8 Å². The summed E-state index contributed by atoms with van der Waals surface area (Å²) >= 11 is 0. The fraction of sp³-hybridized carbons (Fsp3) is 0.160. The summed E-state index contributed by atoms with van der Waals surface area (Å²) in [6.07, 6.45) is 0. The van der Waals surface area contributed by atoms with E-state index in [4.69, 9.17) is 4.42 Å². The Morgan fingerprint density at radius 3 is 2.20 bits per heavy atom. The van der Waals surface area contributed by atoms with Gasteiger partial charge in [-0.15, -0.1) is 10.2 Å². The number of hydrogen-bond donors (Lipinski definition) is 0. The van der Waals surface area contributed by atoms with Crippen molar-refractivity contribution in [3.05, 3.63) is 95.6 Å². The second kappa shape index (κ2) is 8.33. The van der Waals surface area contributed by atoms with Crippen LogP contribution in [0.15, 0.2) is 83.3 Å². The standard InChI is InChI=1S/C25H23N3O2/c1-17-8-7-11-22(16-17)24-27-26-23(30-24)20-12-14-21(15-13-20)25(29)28(3)18(2)19-9-5-4-6-10-19/h4-16,18H,1-3H3. The summed E-state index contributed by atoms with van der Waals surface area (Å²) in [4.78, 5) is 14.6. The van der Waals surface area contributed by atoms with Gasteiger partial charge in [-0.2, -0.15) is 0 Å². The van der Waals surface area contributed by atoms with Crippen molar-refractivity contribution in [1.82, 2.24) is 15.1 Å². The fourth-order valence-electron chi connectivity index (χ4n) is 3.32. The molecule has 1 heterocycles. The Morgan fingerprint density at radius 2 is 1.53 bits per heavy atom. The van der Waals surface area contributed by atoms with Gasteiger partial charge in [-0.25, -0.2) is 0 Å². The van der Waals surface area contributed by atoms with E-state index in [0.29, 0.717) is 17.3 Å². The number of aryl methyl sites for hydroxylation is 1. The lowest BCUT2D eigenvalue weighted by atomic mass is 10.1. The lowest BCUT2D eigenvalue weighted by Gasteiger charge is -2.25. The molecule has 30 heavy (non-hydrogen) atoms. The average Bonchev–Trinajstić information content (AvgIpc) is 3.29. The lowest BCUT2D eigenvalue weighted by Crippen LogP contribution is -2.29. The minimum atomic E-state index is -0.0381. The quantitative estimate of drug-likeness (QED) is 0.443. The zero-order chi connectivity index (χ0) is 21.1. The summed E-state index contributed by atoms with van der Waals surface area (Å²) in [6.45, 7) is 4.04. The van der Waals surface area contributed by atoms with E-state index < -0.39 is 0 Å². The molecular weight excluding hydrogens is 374 g/mol. The topological polar surface area (TPSA) is 59.2 Å². The van der Waals surface area contributed by atoms with Crippen molar-refractivity contribution in [3.8, 4) is 22.9 Å². The van der Waals surface area contributed by atoms with E-state index in [1.54, 1.807) is 17.0 Å². The number of hydrogen-bond acceptors (Lipinski definition) is 4. The van der Waals surface area contributed by atoms with E-state index in [1.165, 1.54) is 0 Å². The molecule has 5 heteroatoms. The van der Waals surface area contributed by atoms with Crippen LogP contribution in [0.5, 0.6) is 0 Å². The van der Waals surface area contributed by atoms with E-state index in [0.717, 1.165) is 22.3 Å². The SMILES string of the molecule is Cc1cccc(-c2nnc(-c3ccc(C(=O)N(C)C(C)c4ccccc4)cc3)o2)c1. The molecule has 1 atom stereocenters. The minimum Gasteiger partial charge on any atom is -0.416 e. The first kappa shape index (κ1) is 19.6. The Labute approximate surface area is 176 Å². The molecule has 4 rings (SSSR count). The van der Waals surface area contributed by atoms with Crippen LogP contribution in [0.3, 0.4) is 0 Å². The van der Waals surface area contributed by atoms with Crippen LogP contribution < -0.4 is 0 Å². The van der Waals surface area contributed by atoms with Crippen LogP contribution in [0.4, 0.5) is 0 Å². The number of aromatic nitrogens is 2. The first-order chi connectivity index (χ1) is 14.5. The molecule has 0 radical (unpaired) electrons. The van der Waals surface area contributed by atoms with Gasteiger partial charge in [0.1, 0.15) is 0 Å². The fourth-order valence-corrected chi connectivity index (χ4v) is 3.32. The van der Waals surface area contributed by atoms with Gasteiger partial charge >= 0.3 is 0 Å². The second-order valence-electron chi connectivity index (χ2n) is 7.36. The summed E-state index contributed by atoms with van der Waals surface area (Å²) in [5, 5.41) is 8.31. The smallest absolute Gasteiger partial charge is 0.254 e. The van der Waals surface area contributed by atoms with Gasteiger partial charge in [0.05, 0.1) is 6.04 Å². The number of carbonyl (C=O) groups is 1. The van der Waals surface area contributed by atoms with Crippen molar-refractivity contribution in [2.45, 2.75) is 19.9 Å². The van der Waals surface area contributed by atoms with E-state index in [-0.39, 0.29) is 11.9 Å². The Balaban J connectivity index is 1.51. The molecule has 3 aromatic carbocycles. The van der Waals surface area contributed by atoms with Gasteiger partial charge in [0.25, 0.3) is 5.91 Å². The summed E-state index contributed by atoms with van der Waals surface area (Å²) < 4.78 is 5.84.